The van der Waals surface area contributed by atoms with Gasteiger partial charge in [-0.1, -0.05) is 19.1 Å². The van der Waals surface area contributed by atoms with Gasteiger partial charge in [0, 0.05) is 11.5 Å². The van der Waals surface area contributed by atoms with Crippen molar-refractivity contribution < 1.29 is 5.11 Å². The van der Waals surface area contributed by atoms with Crippen molar-refractivity contribution in [2.45, 2.75) is 38.8 Å². The molecule has 78 valence electrons. The number of aliphatic hydroxyl groups excluding tert-OH is 1. The molecule has 0 amide bonds. The highest BCUT2D eigenvalue weighted by Gasteiger charge is 2.40. The van der Waals surface area contributed by atoms with E-state index in [2.05, 4.69) is 32.2 Å². The summed E-state index contributed by atoms with van der Waals surface area (Å²) in [5, 5.41) is 13.3. The van der Waals surface area contributed by atoms with Crippen LogP contribution in [0.3, 0.4) is 0 Å². The molecule has 2 aliphatic rings. The Hall–Kier alpha value is -0.760. The highest BCUT2D eigenvalue weighted by Crippen LogP contribution is 2.36. The highest BCUT2D eigenvalue weighted by molar-refractivity contribution is 5.24. The van der Waals surface area contributed by atoms with Crippen LogP contribution in [0.15, 0.2) is 24.0 Å². The lowest BCUT2D eigenvalue weighted by Crippen LogP contribution is -2.57. The predicted molar refractivity (Wildman–Crippen MR) is 58.1 cm³/mol. The molecule has 0 radical (unpaired) electrons. The Kier molecular flexibility index (Phi) is 2.18. The van der Waals surface area contributed by atoms with Gasteiger partial charge in [-0.3, -0.25) is 0 Å². The minimum Gasteiger partial charge on any atom is -0.511 e. The molecule has 3 unspecified atom stereocenters. The fraction of sp³-hybridized carbons (Fsp3) is 0.667. The van der Waals surface area contributed by atoms with Crippen molar-refractivity contribution in [2.24, 2.45) is 11.8 Å². The monoisotopic (exact) mass is 193 g/mol. The Labute approximate surface area is 85.7 Å². The molecule has 0 aromatic carbocycles. The van der Waals surface area contributed by atoms with Crippen molar-refractivity contribution in [1.29, 1.82) is 0 Å². The molecule has 0 spiro atoms. The van der Waals surface area contributed by atoms with Gasteiger partial charge >= 0.3 is 0 Å². The average Bonchev–Trinajstić information content (AvgIpc) is 2.05. The Bertz CT molecular complexity index is 291. The third-order valence-corrected chi connectivity index (χ3v) is 3.34. The number of allylic oxidation sites excluding steroid dienone is 2. The van der Waals surface area contributed by atoms with E-state index in [-0.39, 0.29) is 11.6 Å². The van der Waals surface area contributed by atoms with E-state index in [9.17, 15) is 5.11 Å². The average molecular weight is 193 g/mol. The summed E-state index contributed by atoms with van der Waals surface area (Å²) in [7, 11) is 0. The Morgan fingerprint density at radius 3 is 2.93 bits per heavy atom. The number of hydrogen-bond acceptors (Lipinski definition) is 2. The number of nitrogens with one attached hydrogen (secondary N) is 1. The molecule has 1 aliphatic heterocycles. The van der Waals surface area contributed by atoms with E-state index < -0.39 is 0 Å². The minimum absolute atomic E-state index is 0.124. The molecule has 1 fully saturated rings. The summed E-state index contributed by atoms with van der Waals surface area (Å²) in [5.74, 6) is 1.56. The van der Waals surface area contributed by atoms with Gasteiger partial charge in [0.2, 0.25) is 0 Å². The number of fused-ring (bicyclic) bond motifs is 1. The van der Waals surface area contributed by atoms with Crippen LogP contribution in [0.2, 0.25) is 0 Å². The van der Waals surface area contributed by atoms with E-state index in [4.69, 9.17) is 0 Å². The molecule has 2 rings (SSSR count). The van der Waals surface area contributed by atoms with Crippen LogP contribution in [-0.2, 0) is 0 Å². The maximum Gasteiger partial charge on any atom is 0.110 e. The van der Waals surface area contributed by atoms with Gasteiger partial charge in [0.15, 0.2) is 0 Å². The first-order valence-electron chi connectivity index (χ1n) is 5.35. The van der Waals surface area contributed by atoms with E-state index in [1.807, 2.05) is 6.08 Å². The first-order valence-corrected chi connectivity index (χ1v) is 5.35. The lowest BCUT2D eigenvalue weighted by molar-refractivity contribution is 0.132. The van der Waals surface area contributed by atoms with Crippen molar-refractivity contribution >= 4 is 0 Å². The summed E-state index contributed by atoms with van der Waals surface area (Å²) in [6.07, 6.45) is 7.12. The van der Waals surface area contributed by atoms with Crippen molar-refractivity contribution in [2.75, 3.05) is 0 Å². The molecule has 2 heteroatoms. The van der Waals surface area contributed by atoms with Crippen LogP contribution in [0.1, 0.15) is 27.2 Å². The zero-order chi connectivity index (χ0) is 10.3. The third-order valence-electron chi connectivity index (χ3n) is 3.34. The SMILES string of the molecule is CC1CC(C)(C)NC2C(O)=CC=CC12. The highest BCUT2D eigenvalue weighted by atomic mass is 16.3. The first kappa shape index (κ1) is 9.78. The topological polar surface area (TPSA) is 32.3 Å². The zero-order valence-corrected chi connectivity index (χ0v) is 9.12. The maximum atomic E-state index is 9.80. The van der Waals surface area contributed by atoms with Gasteiger partial charge in [-0.15, -0.1) is 0 Å². The van der Waals surface area contributed by atoms with Crippen molar-refractivity contribution in [3.63, 3.8) is 0 Å². The number of hydrogen-bond donors (Lipinski definition) is 2. The molecule has 14 heavy (non-hydrogen) atoms. The molecule has 1 saturated heterocycles. The van der Waals surface area contributed by atoms with Crippen LogP contribution < -0.4 is 5.32 Å². The molecule has 0 aromatic rings. The van der Waals surface area contributed by atoms with Gasteiger partial charge in [0.25, 0.3) is 0 Å². The van der Waals surface area contributed by atoms with E-state index in [0.29, 0.717) is 17.6 Å². The van der Waals surface area contributed by atoms with Crippen molar-refractivity contribution in [3.8, 4) is 0 Å². The summed E-state index contributed by atoms with van der Waals surface area (Å²) < 4.78 is 0. The summed E-state index contributed by atoms with van der Waals surface area (Å²) in [6.45, 7) is 6.67. The normalized spacial score (nSPS) is 40.2. The van der Waals surface area contributed by atoms with Gasteiger partial charge in [-0.25, -0.2) is 0 Å². The maximum absolute atomic E-state index is 9.80. The van der Waals surface area contributed by atoms with Crippen LogP contribution in [0.4, 0.5) is 0 Å². The minimum atomic E-state index is 0.124. The number of rotatable bonds is 0. The molecule has 2 nitrogen and oxygen atoms in total. The zero-order valence-electron chi connectivity index (χ0n) is 9.12. The molecule has 0 bridgehead atoms. The fourth-order valence-corrected chi connectivity index (χ4v) is 2.80. The summed E-state index contributed by atoms with van der Waals surface area (Å²) in [6, 6.07) is 0.124. The Morgan fingerprint density at radius 1 is 1.50 bits per heavy atom. The summed E-state index contributed by atoms with van der Waals surface area (Å²) in [5.41, 5.74) is 0.133. The van der Waals surface area contributed by atoms with Crippen LogP contribution >= 0.6 is 0 Å². The summed E-state index contributed by atoms with van der Waals surface area (Å²) >= 11 is 0. The van der Waals surface area contributed by atoms with Crippen LogP contribution in [0.25, 0.3) is 0 Å². The molecule has 3 atom stereocenters. The smallest absolute Gasteiger partial charge is 0.110 e. The molecule has 2 N–H and O–H groups in total. The lowest BCUT2D eigenvalue weighted by Gasteiger charge is -2.45. The van der Waals surface area contributed by atoms with Crippen molar-refractivity contribution in [3.05, 3.63) is 24.0 Å². The lowest BCUT2D eigenvalue weighted by atomic mass is 9.72. The van der Waals surface area contributed by atoms with E-state index in [1.54, 1.807) is 6.08 Å². The number of aliphatic hydroxyl groups is 1. The fourth-order valence-electron chi connectivity index (χ4n) is 2.80. The van der Waals surface area contributed by atoms with Gasteiger partial charge in [0.1, 0.15) is 5.76 Å². The number of piperidine rings is 1. The molecule has 1 aliphatic carbocycles. The summed E-state index contributed by atoms with van der Waals surface area (Å²) in [4.78, 5) is 0. The third kappa shape index (κ3) is 1.59. The van der Waals surface area contributed by atoms with Crippen LogP contribution in [-0.4, -0.2) is 16.7 Å². The van der Waals surface area contributed by atoms with Crippen molar-refractivity contribution in [1.82, 2.24) is 5.32 Å². The largest absolute Gasteiger partial charge is 0.511 e. The Morgan fingerprint density at radius 2 is 2.21 bits per heavy atom. The Balaban J connectivity index is 2.25. The van der Waals surface area contributed by atoms with Gasteiger partial charge in [0.05, 0.1) is 6.04 Å². The quantitative estimate of drug-likeness (QED) is 0.619. The molecular formula is C12H19NO. The standard InChI is InChI=1S/C12H19NO/c1-8-7-12(2,3)13-11-9(8)5-4-6-10(11)14/h4-6,8-9,11,13-14H,7H2,1-3H3. The second kappa shape index (κ2) is 3.13. The van der Waals surface area contributed by atoms with Crippen LogP contribution in [0, 0.1) is 11.8 Å². The van der Waals surface area contributed by atoms with E-state index in [0.717, 1.165) is 6.42 Å². The van der Waals surface area contributed by atoms with E-state index in [1.165, 1.54) is 0 Å². The second-order valence-corrected chi connectivity index (χ2v) is 5.24. The predicted octanol–water partition coefficient (Wildman–Crippen LogP) is 2.39. The van der Waals surface area contributed by atoms with E-state index >= 15 is 0 Å². The molecular weight excluding hydrogens is 174 g/mol. The molecule has 1 heterocycles. The van der Waals surface area contributed by atoms with Gasteiger partial charge in [-0.2, -0.15) is 0 Å². The van der Waals surface area contributed by atoms with Crippen LogP contribution in [0.5, 0.6) is 0 Å². The van der Waals surface area contributed by atoms with Gasteiger partial charge in [-0.05, 0) is 32.3 Å². The van der Waals surface area contributed by atoms with Gasteiger partial charge < -0.3 is 10.4 Å². The molecule has 0 aromatic heterocycles. The first-order chi connectivity index (χ1) is 6.49. The molecule has 0 saturated carbocycles. The second-order valence-electron chi connectivity index (χ2n) is 5.24.